The second-order valence-electron chi connectivity index (χ2n) is 5.49. The molecule has 122 valence electrons. The average molecular weight is 324 g/mol. The molecule has 0 aliphatic heterocycles. The normalized spacial score (nSPS) is 15.5. The molecule has 0 aromatic carbocycles. The van der Waals surface area contributed by atoms with Crippen LogP contribution in [0.2, 0.25) is 0 Å². The molecule has 0 unspecified atom stereocenters. The lowest BCUT2D eigenvalue weighted by atomic mass is 9.98. The Labute approximate surface area is 135 Å². The largest absolute Gasteiger partial charge is 0.378 e. The Hall–Kier alpha value is -1.40. The fourth-order valence-corrected chi connectivity index (χ4v) is 3.14. The number of amides is 2. The highest BCUT2D eigenvalue weighted by Crippen LogP contribution is 2.20. The molecule has 2 rings (SSSR count). The Morgan fingerprint density at radius 2 is 2.05 bits per heavy atom. The van der Waals surface area contributed by atoms with Gasteiger partial charge in [0.05, 0.1) is 17.5 Å². The Bertz CT molecular complexity index is 456. The number of nitrogens with one attached hydrogen (secondary N) is 2. The quantitative estimate of drug-likeness (QED) is 0.721. The average Bonchev–Trinajstić information content (AvgIpc) is 3.08. The van der Waals surface area contributed by atoms with Gasteiger partial charge in [0.2, 0.25) is 5.91 Å². The van der Waals surface area contributed by atoms with Crippen molar-refractivity contribution in [2.45, 2.75) is 44.6 Å². The highest BCUT2D eigenvalue weighted by atomic mass is 32.1. The summed E-state index contributed by atoms with van der Waals surface area (Å²) in [6.07, 6.45) is 7.42. The van der Waals surface area contributed by atoms with E-state index < -0.39 is 0 Å². The van der Waals surface area contributed by atoms with Gasteiger partial charge in [0.25, 0.3) is 5.91 Å². The molecule has 0 atom stereocenters. The minimum atomic E-state index is -0.203. The van der Waals surface area contributed by atoms with Crippen molar-refractivity contribution in [2.24, 2.45) is 0 Å². The molecule has 0 spiro atoms. The lowest BCUT2D eigenvalue weighted by Gasteiger charge is -2.21. The van der Waals surface area contributed by atoms with E-state index in [4.69, 9.17) is 4.74 Å². The predicted octanol–water partition coefficient (Wildman–Crippen LogP) is 2.33. The van der Waals surface area contributed by atoms with E-state index in [0.717, 1.165) is 6.42 Å². The summed E-state index contributed by atoms with van der Waals surface area (Å²) in [6, 6.07) is 3.55. The second kappa shape index (κ2) is 9.58. The first-order valence-corrected chi connectivity index (χ1v) is 8.83. The Morgan fingerprint density at radius 1 is 1.23 bits per heavy atom. The van der Waals surface area contributed by atoms with Gasteiger partial charge in [-0.05, 0) is 30.7 Å². The molecule has 1 fully saturated rings. The summed E-state index contributed by atoms with van der Waals surface area (Å²) in [5, 5.41) is 7.23. The smallest absolute Gasteiger partial charge is 0.261 e. The van der Waals surface area contributed by atoms with E-state index in [0.29, 0.717) is 24.1 Å². The van der Waals surface area contributed by atoms with Gasteiger partial charge in [-0.2, -0.15) is 0 Å². The maximum atomic E-state index is 11.7. The standard InChI is InChI=1S/C16H24N2O3S/c19-15(12-18-16(20)14-8-4-11-22-14)17-9-5-10-21-13-6-2-1-3-7-13/h4,8,11,13H,1-3,5-7,9-10,12H2,(H,17,19)(H,18,20). The minimum Gasteiger partial charge on any atom is -0.378 e. The SMILES string of the molecule is O=C(CNC(=O)c1cccs1)NCCCOC1CCCCC1. The van der Waals surface area contributed by atoms with E-state index in [9.17, 15) is 9.59 Å². The first kappa shape index (κ1) is 17.0. The number of hydrogen-bond acceptors (Lipinski definition) is 4. The van der Waals surface area contributed by atoms with Crippen molar-refractivity contribution in [1.82, 2.24) is 10.6 Å². The van der Waals surface area contributed by atoms with Gasteiger partial charge in [0.1, 0.15) is 0 Å². The van der Waals surface area contributed by atoms with Crippen LogP contribution >= 0.6 is 11.3 Å². The third kappa shape index (κ3) is 6.15. The van der Waals surface area contributed by atoms with E-state index in [1.165, 1.54) is 43.4 Å². The zero-order chi connectivity index (χ0) is 15.6. The molecule has 0 radical (unpaired) electrons. The van der Waals surface area contributed by atoms with E-state index in [2.05, 4.69) is 10.6 Å². The summed E-state index contributed by atoms with van der Waals surface area (Å²) in [7, 11) is 0. The number of thiophene rings is 1. The van der Waals surface area contributed by atoms with Crippen molar-refractivity contribution in [2.75, 3.05) is 19.7 Å². The number of carbonyl (C=O) groups is 2. The topological polar surface area (TPSA) is 67.4 Å². The van der Waals surface area contributed by atoms with Crippen molar-refractivity contribution in [1.29, 1.82) is 0 Å². The van der Waals surface area contributed by atoms with E-state index in [1.54, 1.807) is 6.07 Å². The summed E-state index contributed by atoms with van der Waals surface area (Å²) < 4.78 is 5.79. The molecule has 0 saturated heterocycles. The zero-order valence-corrected chi connectivity index (χ0v) is 13.6. The van der Waals surface area contributed by atoms with Crippen LogP contribution in [0.1, 0.15) is 48.2 Å². The molecule has 1 aromatic rings. The van der Waals surface area contributed by atoms with Crippen LogP contribution in [0.5, 0.6) is 0 Å². The van der Waals surface area contributed by atoms with Crippen LogP contribution in [-0.4, -0.2) is 37.6 Å². The molecule has 1 aliphatic rings. The van der Waals surface area contributed by atoms with Crippen molar-refractivity contribution < 1.29 is 14.3 Å². The molecule has 5 nitrogen and oxygen atoms in total. The first-order chi connectivity index (χ1) is 10.8. The van der Waals surface area contributed by atoms with E-state index in [1.807, 2.05) is 11.4 Å². The van der Waals surface area contributed by atoms with Crippen molar-refractivity contribution >= 4 is 23.2 Å². The van der Waals surface area contributed by atoms with Gasteiger partial charge < -0.3 is 15.4 Å². The van der Waals surface area contributed by atoms with Crippen molar-refractivity contribution in [3.8, 4) is 0 Å². The van der Waals surface area contributed by atoms with Crippen LogP contribution < -0.4 is 10.6 Å². The molecule has 0 bridgehead atoms. The summed E-state index contributed by atoms with van der Waals surface area (Å²) in [5.74, 6) is -0.367. The molecule has 22 heavy (non-hydrogen) atoms. The van der Waals surface area contributed by atoms with Gasteiger partial charge >= 0.3 is 0 Å². The van der Waals surface area contributed by atoms with Crippen LogP contribution in [0.3, 0.4) is 0 Å². The lowest BCUT2D eigenvalue weighted by Crippen LogP contribution is -2.37. The van der Waals surface area contributed by atoms with E-state index in [-0.39, 0.29) is 18.4 Å². The summed E-state index contributed by atoms with van der Waals surface area (Å²) in [4.78, 5) is 23.9. The van der Waals surface area contributed by atoms with Gasteiger partial charge in [-0.15, -0.1) is 11.3 Å². The molecule has 1 saturated carbocycles. The van der Waals surface area contributed by atoms with Crippen LogP contribution in [0.4, 0.5) is 0 Å². The summed E-state index contributed by atoms with van der Waals surface area (Å²) in [6.45, 7) is 1.28. The predicted molar refractivity (Wildman–Crippen MR) is 87.1 cm³/mol. The second-order valence-corrected chi connectivity index (χ2v) is 6.44. The maximum absolute atomic E-state index is 11.7. The molecule has 2 amide bonds. The fraction of sp³-hybridized carbons (Fsp3) is 0.625. The minimum absolute atomic E-state index is 0.0141. The molecule has 1 aromatic heterocycles. The zero-order valence-electron chi connectivity index (χ0n) is 12.8. The number of ether oxygens (including phenoxy) is 1. The number of hydrogen-bond donors (Lipinski definition) is 2. The van der Waals surface area contributed by atoms with Gasteiger partial charge in [0.15, 0.2) is 0 Å². The third-order valence-corrected chi connectivity index (χ3v) is 4.57. The fourth-order valence-electron chi connectivity index (χ4n) is 2.50. The monoisotopic (exact) mass is 324 g/mol. The Morgan fingerprint density at radius 3 is 2.77 bits per heavy atom. The van der Waals surface area contributed by atoms with E-state index >= 15 is 0 Å². The van der Waals surface area contributed by atoms with Gasteiger partial charge in [-0.25, -0.2) is 0 Å². The maximum Gasteiger partial charge on any atom is 0.261 e. The lowest BCUT2D eigenvalue weighted by molar-refractivity contribution is -0.120. The van der Waals surface area contributed by atoms with Crippen molar-refractivity contribution in [3.05, 3.63) is 22.4 Å². The van der Waals surface area contributed by atoms with Gasteiger partial charge in [-0.3, -0.25) is 9.59 Å². The number of rotatable bonds is 8. The Balaban J connectivity index is 1.48. The van der Waals surface area contributed by atoms with Gasteiger partial charge in [0, 0.05) is 13.2 Å². The van der Waals surface area contributed by atoms with Crippen LogP contribution in [0, 0.1) is 0 Å². The van der Waals surface area contributed by atoms with Crippen LogP contribution in [-0.2, 0) is 9.53 Å². The molecular formula is C16H24N2O3S. The summed E-state index contributed by atoms with van der Waals surface area (Å²) >= 11 is 1.36. The Kier molecular flexibility index (Phi) is 7.39. The van der Waals surface area contributed by atoms with Crippen molar-refractivity contribution in [3.63, 3.8) is 0 Å². The van der Waals surface area contributed by atoms with Crippen LogP contribution in [0.25, 0.3) is 0 Å². The third-order valence-electron chi connectivity index (χ3n) is 3.70. The highest BCUT2D eigenvalue weighted by Gasteiger charge is 2.13. The highest BCUT2D eigenvalue weighted by molar-refractivity contribution is 7.12. The molecule has 1 heterocycles. The summed E-state index contributed by atoms with van der Waals surface area (Å²) in [5.41, 5.74) is 0. The number of carbonyl (C=O) groups excluding carboxylic acids is 2. The molecule has 2 N–H and O–H groups in total. The molecular weight excluding hydrogens is 300 g/mol. The van der Waals surface area contributed by atoms with Crippen LogP contribution in [0.15, 0.2) is 17.5 Å². The van der Waals surface area contributed by atoms with Gasteiger partial charge in [-0.1, -0.05) is 25.3 Å². The first-order valence-electron chi connectivity index (χ1n) is 7.95. The molecule has 6 heteroatoms. The molecule has 1 aliphatic carbocycles.